The molecule has 0 amide bonds. The molecule has 0 aromatic heterocycles. The van der Waals surface area contributed by atoms with Crippen LogP contribution < -0.4 is 0 Å². The van der Waals surface area contributed by atoms with Crippen LogP contribution in [0.5, 0.6) is 5.75 Å². The number of hydrogen-bond donors (Lipinski definition) is 2. The van der Waals surface area contributed by atoms with Gasteiger partial charge in [-0.3, -0.25) is 10.1 Å². The Morgan fingerprint density at radius 3 is 2.32 bits per heavy atom. The molecule has 0 saturated carbocycles. The number of non-ortho nitro benzene ring substituents is 1. The fourth-order valence-corrected chi connectivity index (χ4v) is 1.54. The van der Waals surface area contributed by atoms with Gasteiger partial charge in [-0.1, -0.05) is 6.07 Å². The first-order chi connectivity index (χ1) is 9.97. The molecule has 2 aromatic carbocycles. The van der Waals surface area contributed by atoms with Gasteiger partial charge in [0, 0.05) is 12.1 Å². The second-order valence-corrected chi connectivity index (χ2v) is 3.98. The second-order valence-electron chi connectivity index (χ2n) is 3.98. The maximum absolute atomic E-state index is 10.9. The fraction of sp³-hybridized carbons (Fsp3) is 0. The first kappa shape index (κ1) is 17.8. The van der Waals surface area contributed by atoms with Crippen LogP contribution in [-0.2, 0) is 0 Å². The normalized spacial score (nSPS) is 10.2. The third kappa shape index (κ3) is 4.35. The summed E-state index contributed by atoms with van der Waals surface area (Å²) in [6.45, 7) is 0. The zero-order valence-electron chi connectivity index (χ0n) is 10.5. The van der Waals surface area contributed by atoms with Crippen LogP contribution in [0.4, 0.5) is 17.1 Å². The Balaban J connectivity index is 0.00000242. The Labute approximate surface area is 146 Å². The fourth-order valence-electron chi connectivity index (χ4n) is 1.54. The molecule has 2 N–H and O–H groups in total. The van der Waals surface area contributed by atoms with Crippen LogP contribution in [0.2, 0.25) is 0 Å². The van der Waals surface area contributed by atoms with Crippen molar-refractivity contribution in [3.63, 3.8) is 0 Å². The molecule has 0 atom stereocenters. The van der Waals surface area contributed by atoms with Gasteiger partial charge in [0.1, 0.15) is 11.3 Å². The average molecular weight is 311 g/mol. The number of nitro groups is 1. The number of carbonyl (C=O) groups is 1. The Kier molecular flexibility index (Phi) is 6.17. The molecule has 0 saturated heterocycles. The SMILES string of the molecule is O=C(O)c1cc(/N=N/c2cccc([N+](=O)[O-])c2)ccc1O.[NaH]. The van der Waals surface area contributed by atoms with Crippen LogP contribution >= 0.6 is 0 Å². The first-order valence-electron chi connectivity index (χ1n) is 5.70. The van der Waals surface area contributed by atoms with E-state index in [2.05, 4.69) is 10.2 Å². The molecule has 0 aliphatic carbocycles. The van der Waals surface area contributed by atoms with Crippen molar-refractivity contribution in [2.45, 2.75) is 0 Å². The molecule has 9 heteroatoms. The minimum atomic E-state index is -1.29. The summed E-state index contributed by atoms with van der Waals surface area (Å²) in [5, 5.41) is 36.4. The summed E-state index contributed by atoms with van der Waals surface area (Å²) in [6, 6.07) is 9.26. The van der Waals surface area contributed by atoms with Gasteiger partial charge in [-0.25, -0.2) is 4.79 Å². The van der Waals surface area contributed by atoms with Crippen molar-refractivity contribution in [1.82, 2.24) is 0 Å². The quantitative estimate of drug-likeness (QED) is 0.388. The van der Waals surface area contributed by atoms with Crippen molar-refractivity contribution in [2.75, 3.05) is 0 Å². The molecular weight excluding hydrogens is 301 g/mol. The van der Waals surface area contributed by atoms with Crippen LogP contribution in [0.15, 0.2) is 52.7 Å². The van der Waals surface area contributed by atoms with Gasteiger partial charge in [-0.15, -0.1) is 0 Å². The number of aromatic hydroxyl groups is 1. The standard InChI is InChI=1S/C13H9N3O5.Na.H/c17-12-5-4-9(7-11(12)13(18)19)15-14-8-2-1-3-10(6-8)16(20)21;;/h1-7,17H,(H,18,19);;/b15-14+;;. The number of phenols is 1. The molecule has 0 spiro atoms. The third-order valence-corrected chi connectivity index (χ3v) is 2.53. The summed E-state index contributed by atoms with van der Waals surface area (Å²) in [6.07, 6.45) is 0. The molecule has 8 nitrogen and oxygen atoms in total. The number of rotatable bonds is 4. The van der Waals surface area contributed by atoms with Gasteiger partial charge in [-0.05, 0) is 24.3 Å². The zero-order valence-corrected chi connectivity index (χ0v) is 10.5. The summed E-state index contributed by atoms with van der Waals surface area (Å²) in [5.74, 6) is -1.67. The van der Waals surface area contributed by atoms with Crippen LogP contribution in [0.25, 0.3) is 0 Å². The topological polar surface area (TPSA) is 125 Å². The van der Waals surface area contributed by atoms with E-state index in [0.717, 1.165) is 6.07 Å². The number of hydrogen-bond acceptors (Lipinski definition) is 6. The van der Waals surface area contributed by atoms with E-state index in [9.17, 15) is 20.0 Å². The Bertz CT molecular complexity index is 748. The molecule has 2 aromatic rings. The van der Waals surface area contributed by atoms with Gasteiger partial charge in [0.25, 0.3) is 5.69 Å². The van der Waals surface area contributed by atoms with Crippen molar-refractivity contribution >= 4 is 52.6 Å². The monoisotopic (exact) mass is 311 g/mol. The number of benzene rings is 2. The van der Waals surface area contributed by atoms with Crippen molar-refractivity contribution in [1.29, 1.82) is 0 Å². The van der Waals surface area contributed by atoms with Gasteiger partial charge in [0.2, 0.25) is 0 Å². The predicted molar refractivity (Wildman–Crippen MR) is 79.5 cm³/mol. The molecule has 0 aliphatic rings. The summed E-state index contributed by atoms with van der Waals surface area (Å²) in [7, 11) is 0. The number of azo groups is 1. The summed E-state index contributed by atoms with van der Waals surface area (Å²) >= 11 is 0. The van der Waals surface area contributed by atoms with Crippen LogP contribution in [0, 0.1) is 10.1 Å². The zero-order chi connectivity index (χ0) is 15.4. The average Bonchev–Trinajstić information content (AvgIpc) is 2.46. The van der Waals surface area contributed by atoms with E-state index in [1.807, 2.05) is 0 Å². The summed E-state index contributed by atoms with van der Waals surface area (Å²) in [4.78, 5) is 20.9. The molecule has 22 heavy (non-hydrogen) atoms. The molecule has 0 aliphatic heterocycles. The van der Waals surface area contributed by atoms with Crippen LogP contribution in [0.1, 0.15) is 10.4 Å². The Morgan fingerprint density at radius 1 is 1.09 bits per heavy atom. The molecule has 108 valence electrons. The predicted octanol–water partition coefficient (Wildman–Crippen LogP) is 2.77. The number of nitrogens with zero attached hydrogens (tertiary/aromatic N) is 3. The van der Waals surface area contributed by atoms with E-state index in [1.54, 1.807) is 0 Å². The first-order valence-corrected chi connectivity index (χ1v) is 5.70. The van der Waals surface area contributed by atoms with Gasteiger partial charge in [0.15, 0.2) is 0 Å². The summed E-state index contributed by atoms with van der Waals surface area (Å²) < 4.78 is 0. The van der Waals surface area contributed by atoms with E-state index in [-0.39, 0.29) is 57.9 Å². The Morgan fingerprint density at radius 2 is 1.73 bits per heavy atom. The van der Waals surface area contributed by atoms with Crippen molar-refractivity contribution in [2.24, 2.45) is 10.2 Å². The number of carboxylic acids is 1. The number of aromatic carboxylic acids is 1. The van der Waals surface area contributed by atoms with Gasteiger partial charge < -0.3 is 10.2 Å². The van der Waals surface area contributed by atoms with E-state index in [4.69, 9.17) is 5.11 Å². The molecular formula is C13H10N3NaO5. The minimum absolute atomic E-state index is 0. The molecule has 0 fully saturated rings. The maximum atomic E-state index is 10.9. The van der Waals surface area contributed by atoms with E-state index in [1.165, 1.54) is 36.4 Å². The van der Waals surface area contributed by atoms with Crippen molar-refractivity contribution in [3.8, 4) is 5.75 Å². The van der Waals surface area contributed by atoms with E-state index in [0.29, 0.717) is 0 Å². The molecule has 0 radical (unpaired) electrons. The number of nitro benzene ring substituents is 1. The number of carboxylic acid groups (broad SMARTS) is 1. The van der Waals surface area contributed by atoms with Crippen LogP contribution in [0.3, 0.4) is 0 Å². The van der Waals surface area contributed by atoms with Gasteiger partial charge in [-0.2, -0.15) is 10.2 Å². The second kappa shape index (κ2) is 7.64. The van der Waals surface area contributed by atoms with Gasteiger partial charge >= 0.3 is 35.5 Å². The Hall–Kier alpha value is -2.29. The molecule has 2 rings (SSSR count). The van der Waals surface area contributed by atoms with Crippen LogP contribution in [-0.4, -0.2) is 50.7 Å². The van der Waals surface area contributed by atoms with Gasteiger partial charge in [0.05, 0.1) is 16.3 Å². The van der Waals surface area contributed by atoms with E-state index < -0.39 is 10.9 Å². The molecule has 0 bridgehead atoms. The van der Waals surface area contributed by atoms with Crippen molar-refractivity contribution < 1.29 is 19.9 Å². The summed E-state index contributed by atoms with van der Waals surface area (Å²) in [5.41, 5.74) is 0.0414. The van der Waals surface area contributed by atoms with Crippen molar-refractivity contribution in [3.05, 3.63) is 58.1 Å². The molecule has 0 unspecified atom stereocenters. The molecule has 0 heterocycles. The van der Waals surface area contributed by atoms with E-state index >= 15 is 0 Å². The third-order valence-electron chi connectivity index (χ3n) is 2.53.